The van der Waals surface area contributed by atoms with Crippen LogP contribution in [-0.4, -0.2) is 59.6 Å². The number of carboxylic acid groups (broad SMARTS) is 1. The molecule has 0 bridgehead atoms. The van der Waals surface area contributed by atoms with Crippen molar-refractivity contribution in [3.63, 3.8) is 0 Å². The van der Waals surface area contributed by atoms with Crippen LogP contribution in [0.2, 0.25) is 0 Å². The molecule has 0 radical (unpaired) electrons. The lowest BCUT2D eigenvalue weighted by atomic mass is 10.1. The van der Waals surface area contributed by atoms with Gasteiger partial charge in [-0.3, -0.25) is 14.6 Å². The second kappa shape index (κ2) is 7.52. The molecule has 1 atom stereocenters. The van der Waals surface area contributed by atoms with Crippen LogP contribution in [0.15, 0.2) is 24.3 Å². The van der Waals surface area contributed by atoms with Gasteiger partial charge in [-0.05, 0) is 44.0 Å². The van der Waals surface area contributed by atoms with Gasteiger partial charge in [0.2, 0.25) is 0 Å². The van der Waals surface area contributed by atoms with E-state index in [1.807, 2.05) is 17.0 Å². The van der Waals surface area contributed by atoms with Gasteiger partial charge in [0.15, 0.2) is 0 Å². The van der Waals surface area contributed by atoms with Crippen LogP contribution >= 0.6 is 0 Å². The Labute approximate surface area is 125 Å². The number of carbonyl (C=O) groups is 1. The molecular formula is C16H23FN2O2. The van der Waals surface area contributed by atoms with Gasteiger partial charge in [-0.25, -0.2) is 4.39 Å². The molecule has 0 amide bonds. The highest BCUT2D eigenvalue weighted by Crippen LogP contribution is 2.12. The fraction of sp³-hybridized carbons (Fsp3) is 0.562. The Hall–Kier alpha value is -1.46. The molecule has 0 saturated carbocycles. The van der Waals surface area contributed by atoms with Gasteiger partial charge in [-0.2, -0.15) is 0 Å². The molecule has 5 heteroatoms. The van der Waals surface area contributed by atoms with Gasteiger partial charge in [0, 0.05) is 25.7 Å². The van der Waals surface area contributed by atoms with E-state index in [1.165, 1.54) is 12.1 Å². The summed E-state index contributed by atoms with van der Waals surface area (Å²) < 4.78 is 12.9. The highest BCUT2D eigenvalue weighted by molar-refractivity contribution is 5.69. The van der Waals surface area contributed by atoms with Crippen LogP contribution in [0.5, 0.6) is 0 Å². The SMILES string of the molecule is CC(Cc1ccc(F)cc1)N1CCCN(CC(=O)O)CC1. The van der Waals surface area contributed by atoms with Crippen molar-refractivity contribution in [2.45, 2.75) is 25.8 Å². The lowest BCUT2D eigenvalue weighted by Gasteiger charge is -2.27. The maximum atomic E-state index is 12.9. The molecule has 21 heavy (non-hydrogen) atoms. The van der Waals surface area contributed by atoms with Crippen molar-refractivity contribution in [3.05, 3.63) is 35.6 Å². The molecule has 1 aliphatic heterocycles. The van der Waals surface area contributed by atoms with Crippen LogP contribution < -0.4 is 0 Å². The van der Waals surface area contributed by atoms with Crippen molar-refractivity contribution < 1.29 is 14.3 Å². The molecule has 4 nitrogen and oxygen atoms in total. The van der Waals surface area contributed by atoms with Gasteiger partial charge in [0.05, 0.1) is 6.54 Å². The summed E-state index contributed by atoms with van der Waals surface area (Å²) in [6.07, 6.45) is 1.88. The highest BCUT2D eigenvalue weighted by atomic mass is 19.1. The second-order valence-corrected chi connectivity index (χ2v) is 5.74. The molecule has 0 aromatic heterocycles. The van der Waals surface area contributed by atoms with E-state index < -0.39 is 5.97 Å². The van der Waals surface area contributed by atoms with Gasteiger partial charge in [0.25, 0.3) is 0 Å². The van der Waals surface area contributed by atoms with Gasteiger partial charge in [-0.15, -0.1) is 0 Å². The predicted molar refractivity (Wildman–Crippen MR) is 79.8 cm³/mol. The second-order valence-electron chi connectivity index (χ2n) is 5.74. The van der Waals surface area contributed by atoms with Crippen LogP contribution in [0.1, 0.15) is 18.9 Å². The Morgan fingerprint density at radius 1 is 1.24 bits per heavy atom. The third kappa shape index (κ3) is 5.10. The first kappa shape index (κ1) is 15.9. The zero-order valence-electron chi connectivity index (χ0n) is 12.5. The average molecular weight is 294 g/mol. The van der Waals surface area contributed by atoms with Crippen molar-refractivity contribution in [2.75, 3.05) is 32.7 Å². The van der Waals surface area contributed by atoms with Crippen molar-refractivity contribution in [1.82, 2.24) is 9.80 Å². The van der Waals surface area contributed by atoms with E-state index >= 15 is 0 Å². The Balaban J connectivity index is 1.86. The van der Waals surface area contributed by atoms with E-state index in [2.05, 4.69) is 11.8 Å². The first-order valence-electron chi connectivity index (χ1n) is 7.47. The van der Waals surface area contributed by atoms with E-state index in [4.69, 9.17) is 5.11 Å². The lowest BCUT2D eigenvalue weighted by Crippen LogP contribution is -2.38. The third-order valence-corrected chi connectivity index (χ3v) is 4.05. The minimum absolute atomic E-state index is 0.125. The average Bonchev–Trinajstić information content (AvgIpc) is 2.66. The topological polar surface area (TPSA) is 43.8 Å². The van der Waals surface area contributed by atoms with Crippen LogP contribution in [0, 0.1) is 5.82 Å². The number of rotatable bonds is 5. The summed E-state index contributed by atoms with van der Waals surface area (Å²) in [6.45, 7) is 5.80. The van der Waals surface area contributed by atoms with Crippen LogP contribution in [-0.2, 0) is 11.2 Å². The van der Waals surface area contributed by atoms with Gasteiger partial charge >= 0.3 is 5.97 Å². The standard InChI is InChI=1S/C16H23FN2O2/c1-13(11-14-3-5-15(17)6-4-14)19-8-2-7-18(9-10-19)12-16(20)21/h3-6,13H,2,7-12H2,1H3,(H,20,21). The Kier molecular flexibility index (Phi) is 5.70. The molecule has 1 aliphatic rings. The number of benzene rings is 1. The number of carboxylic acids is 1. The monoisotopic (exact) mass is 294 g/mol. The van der Waals surface area contributed by atoms with Crippen LogP contribution in [0.4, 0.5) is 4.39 Å². The van der Waals surface area contributed by atoms with Crippen molar-refractivity contribution >= 4 is 5.97 Å². The maximum absolute atomic E-state index is 12.9. The molecule has 116 valence electrons. The third-order valence-electron chi connectivity index (χ3n) is 4.05. The molecular weight excluding hydrogens is 271 g/mol. The molecule has 1 unspecified atom stereocenters. The first-order valence-corrected chi connectivity index (χ1v) is 7.47. The summed E-state index contributed by atoms with van der Waals surface area (Å²) in [5.41, 5.74) is 1.13. The number of hydrogen-bond acceptors (Lipinski definition) is 3. The molecule has 0 aliphatic carbocycles. The van der Waals surface area contributed by atoms with E-state index in [9.17, 15) is 9.18 Å². The highest BCUT2D eigenvalue weighted by Gasteiger charge is 2.20. The molecule has 1 aromatic rings. The zero-order chi connectivity index (χ0) is 15.2. The summed E-state index contributed by atoms with van der Waals surface area (Å²) in [7, 11) is 0. The summed E-state index contributed by atoms with van der Waals surface area (Å²) in [4.78, 5) is 15.2. The van der Waals surface area contributed by atoms with E-state index in [-0.39, 0.29) is 12.4 Å². The number of hydrogen-bond donors (Lipinski definition) is 1. The number of aliphatic carboxylic acids is 1. The lowest BCUT2D eigenvalue weighted by molar-refractivity contribution is -0.138. The molecule has 1 heterocycles. The number of nitrogens with zero attached hydrogens (tertiary/aromatic N) is 2. The Morgan fingerprint density at radius 2 is 1.95 bits per heavy atom. The Morgan fingerprint density at radius 3 is 2.62 bits per heavy atom. The number of halogens is 1. The van der Waals surface area contributed by atoms with E-state index in [1.54, 1.807) is 0 Å². The summed E-state index contributed by atoms with van der Waals surface area (Å²) >= 11 is 0. The largest absolute Gasteiger partial charge is 0.480 e. The normalized spacial score (nSPS) is 19.1. The quantitative estimate of drug-likeness (QED) is 0.900. The molecule has 2 rings (SSSR count). The van der Waals surface area contributed by atoms with Gasteiger partial charge in [0.1, 0.15) is 5.82 Å². The first-order chi connectivity index (χ1) is 10.0. The summed E-state index contributed by atoms with van der Waals surface area (Å²) in [6, 6.07) is 7.04. The fourth-order valence-corrected chi connectivity index (χ4v) is 2.87. The van der Waals surface area contributed by atoms with Crippen molar-refractivity contribution in [3.8, 4) is 0 Å². The minimum Gasteiger partial charge on any atom is -0.480 e. The van der Waals surface area contributed by atoms with Crippen LogP contribution in [0.3, 0.4) is 0 Å². The van der Waals surface area contributed by atoms with Gasteiger partial charge < -0.3 is 5.11 Å². The smallest absolute Gasteiger partial charge is 0.317 e. The molecule has 1 N–H and O–H groups in total. The zero-order valence-corrected chi connectivity index (χ0v) is 12.5. The van der Waals surface area contributed by atoms with Crippen LogP contribution in [0.25, 0.3) is 0 Å². The van der Waals surface area contributed by atoms with Gasteiger partial charge in [-0.1, -0.05) is 12.1 Å². The molecule has 1 fully saturated rings. The summed E-state index contributed by atoms with van der Waals surface area (Å²) in [5.74, 6) is -0.965. The van der Waals surface area contributed by atoms with E-state index in [0.717, 1.165) is 44.6 Å². The van der Waals surface area contributed by atoms with Crippen molar-refractivity contribution in [2.24, 2.45) is 0 Å². The summed E-state index contributed by atoms with van der Waals surface area (Å²) in [5, 5.41) is 8.86. The maximum Gasteiger partial charge on any atom is 0.317 e. The Bertz CT molecular complexity index is 464. The molecule has 1 aromatic carbocycles. The molecule has 1 saturated heterocycles. The predicted octanol–water partition coefficient (Wildman–Crippen LogP) is 1.85. The molecule has 0 spiro atoms. The fourth-order valence-electron chi connectivity index (χ4n) is 2.87. The minimum atomic E-state index is -0.761. The van der Waals surface area contributed by atoms with E-state index in [0.29, 0.717) is 6.04 Å². The van der Waals surface area contributed by atoms with Crippen molar-refractivity contribution in [1.29, 1.82) is 0 Å².